The largest absolute Gasteiger partial charge is 0.356 e. The van der Waals surface area contributed by atoms with Crippen LogP contribution < -0.4 is 10.2 Å². The lowest BCUT2D eigenvalue weighted by Crippen LogP contribution is -2.29. The number of halogens is 4. The third kappa shape index (κ3) is 4.60. The zero-order valence-electron chi connectivity index (χ0n) is 16.8. The van der Waals surface area contributed by atoms with Gasteiger partial charge in [0.2, 0.25) is 5.92 Å². The van der Waals surface area contributed by atoms with Crippen molar-refractivity contribution in [2.75, 3.05) is 23.3 Å². The van der Waals surface area contributed by atoms with Gasteiger partial charge in [0.1, 0.15) is 5.82 Å². The van der Waals surface area contributed by atoms with Crippen LogP contribution in [0.1, 0.15) is 35.3 Å². The molecule has 3 heterocycles. The first kappa shape index (κ1) is 21.0. The predicted octanol–water partition coefficient (Wildman–Crippen LogP) is 5.09. The van der Waals surface area contributed by atoms with E-state index in [1.165, 1.54) is 6.07 Å². The maximum absolute atomic E-state index is 13.9. The molecule has 3 aromatic rings. The van der Waals surface area contributed by atoms with Crippen LogP contribution >= 0.6 is 0 Å². The second kappa shape index (κ2) is 8.13. The second-order valence-electron chi connectivity index (χ2n) is 7.66. The average molecular weight is 432 g/mol. The van der Waals surface area contributed by atoms with E-state index in [4.69, 9.17) is 0 Å². The zero-order chi connectivity index (χ0) is 22.2. The van der Waals surface area contributed by atoms with Crippen LogP contribution in [0.2, 0.25) is 0 Å². The molecular weight excluding hydrogens is 412 g/mol. The minimum absolute atomic E-state index is 0.0101. The maximum atomic E-state index is 13.9. The van der Waals surface area contributed by atoms with Crippen LogP contribution in [0.5, 0.6) is 0 Å². The molecule has 0 aliphatic carbocycles. The molecule has 162 valence electrons. The molecule has 1 aliphatic heterocycles. The van der Waals surface area contributed by atoms with E-state index in [1.807, 2.05) is 0 Å². The Morgan fingerprint density at radius 2 is 1.87 bits per heavy atom. The summed E-state index contributed by atoms with van der Waals surface area (Å²) in [6.07, 6.45) is 1.12. The topological polar surface area (TPSA) is 58.1 Å². The molecule has 1 amide bonds. The number of anilines is 2. The van der Waals surface area contributed by atoms with Crippen LogP contribution in [0.25, 0.3) is 10.9 Å². The minimum atomic E-state index is -2.79. The number of rotatable bonds is 3. The summed E-state index contributed by atoms with van der Waals surface area (Å²) in [4.78, 5) is 23.1. The first-order chi connectivity index (χ1) is 14.7. The first-order valence-corrected chi connectivity index (χ1v) is 9.88. The standard InChI is InChI=1S/C22H20F4N4O/c1-13-9-15(3-6-27-13)28-21(31)16-10-14-11-17(23)18(24)12-19(14)29-20(16)30-7-2-4-22(25,26)5-8-30/h3,6,9-12H,2,4-5,7-8H2,1H3,(H,27,28,31). The molecule has 0 unspecified atom stereocenters. The van der Waals surface area contributed by atoms with Gasteiger partial charge in [0.15, 0.2) is 11.6 Å². The summed E-state index contributed by atoms with van der Waals surface area (Å²) in [5, 5.41) is 2.97. The van der Waals surface area contributed by atoms with Crippen LogP contribution in [0, 0.1) is 18.6 Å². The quantitative estimate of drug-likeness (QED) is 0.586. The van der Waals surface area contributed by atoms with Gasteiger partial charge in [-0.25, -0.2) is 22.5 Å². The van der Waals surface area contributed by atoms with Crippen molar-refractivity contribution < 1.29 is 22.4 Å². The van der Waals surface area contributed by atoms with Crippen LogP contribution in [0.4, 0.5) is 29.1 Å². The molecule has 1 fully saturated rings. The highest BCUT2D eigenvalue weighted by atomic mass is 19.3. The molecule has 4 rings (SSSR count). The lowest BCUT2D eigenvalue weighted by atomic mass is 10.1. The average Bonchev–Trinajstić information content (AvgIpc) is 2.88. The van der Waals surface area contributed by atoms with Crippen molar-refractivity contribution in [3.05, 3.63) is 59.4 Å². The lowest BCUT2D eigenvalue weighted by Gasteiger charge is -2.24. The van der Waals surface area contributed by atoms with Crippen molar-refractivity contribution in [2.24, 2.45) is 0 Å². The van der Waals surface area contributed by atoms with Gasteiger partial charge in [-0.1, -0.05) is 0 Å². The van der Waals surface area contributed by atoms with E-state index in [1.54, 1.807) is 30.2 Å². The Bertz CT molecular complexity index is 1150. The van der Waals surface area contributed by atoms with Crippen molar-refractivity contribution in [2.45, 2.75) is 32.1 Å². The number of amides is 1. The Morgan fingerprint density at radius 1 is 1.10 bits per heavy atom. The molecule has 31 heavy (non-hydrogen) atoms. The van der Waals surface area contributed by atoms with Crippen molar-refractivity contribution in [1.29, 1.82) is 0 Å². The Labute approximate surface area is 176 Å². The predicted molar refractivity (Wildman–Crippen MR) is 110 cm³/mol. The summed E-state index contributed by atoms with van der Waals surface area (Å²) in [6, 6.07) is 6.60. The number of nitrogens with zero attached hydrogens (tertiary/aromatic N) is 3. The van der Waals surface area contributed by atoms with Gasteiger partial charge in [0.05, 0.1) is 11.1 Å². The molecule has 1 aromatic carbocycles. The molecule has 0 spiro atoms. The molecular formula is C22H20F4N4O. The molecule has 5 nitrogen and oxygen atoms in total. The van der Waals surface area contributed by atoms with E-state index in [0.29, 0.717) is 11.4 Å². The van der Waals surface area contributed by atoms with Gasteiger partial charge in [-0.05, 0) is 37.6 Å². The number of benzene rings is 1. The molecule has 0 bridgehead atoms. The number of carbonyl (C=O) groups is 1. The number of nitrogens with one attached hydrogen (secondary N) is 1. The van der Waals surface area contributed by atoms with E-state index in [9.17, 15) is 22.4 Å². The number of aromatic nitrogens is 2. The molecule has 1 saturated heterocycles. The molecule has 2 aromatic heterocycles. The minimum Gasteiger partial charge on any atom is -0.356 e. The van der Waals surface area contributed by atoms with Crippen molar-refractivity contribution in [3.8, 4) is 0 Å². The number of carbonyl (C=O) groups excluding carboxylic acids is 1. The van der Waals surface area contributed by atoms with E-state index >= 15 is 0 Å². The van der Waals surface area contributed by atoms with Gasteiger partial charge in [-0.2, -0.15) is 0 Å². The third-order valence-corrected chi connectivity index (χ3v) is 5.25. The van der Waals surface area contributed by atoms with Crippen LogP contribution in [0.15, 0.2) is 36.5 Å². The molecule has 1 N–H and O–H groups in total. The van der Waals surface area contributed by atoms with Gasteiger partial charge in [-0.15, -0.1) is 0 Å². The van der Waals surface area contributed by atoms with E-state index in [-0.39, 0.29) is 54.6 Å². The Morgan fingerprint density at radius 3 is 2.65 bits per heavy atom. The number of hydrogen-bond acceptors (Lipinski definition) is 4. The number of pyridine rings is 2. The highest BCUT2D eigenvalue weighted by Crippen LogP contribution is 2.32. The van der Waals surface area contributed by atoms with Crippen molar-refractivity contribution >= 4 is 28.3 Å². The fourth-order valence-electron chi connectivity index (χ4n) is 3.66. The maximum Gasteiger partial charge on any atom is 0.259 e. The molecule has 9 heteroatoms. The highest BCUT2D eigenvalue weighted by molar-refractivity contribution is 6.09. The van der Waals surface area contributed by atoms with E-state index in [0.717, 1.165) is 12.1 Å². The van der Waals surface area contributed by atoms with Crippen LogP contribution in [-0.4, -0.2) is 34.9 Å². The number of aryl methyl sites for hydroxylation is 1. The fraction of sp³-hybridized carbons (Fsp3) is 0.318. The van der Waals surface area contributed by atoms with E-state index in [2.05, 4.69) is 15.3 Å². The number of alkyl halides is 2. The molecule has 0 radical (unpaired) electrons. The van der Waals surface area contributed by atoms with Crippen LogP contribution in [0.3, 0.4) is 0 Å². The summed E-state index contributed by atoms with van der Waals surface area (Å²) >= 11 is 0. The smallest absolute Gasteiger partial charge is 0.259 e. The monoisotopic (exact) mass is 432 g/mol. The Balaban J connectivity index is 1.78. The third-order valence-electron chi connectivity index (χ3n) is 5.25. The van der Waals surface area contributed by atoms with Crippen LogP contribution in [-0.2, 0) is 0 Å². The summed E-state index contributed by atoms with van der Waals surface area (Å²) < 4.78 is 55.3. The Kier molecular flexibility index (Phi) is 5.51. The molecule has 1 aliphatic rings. The molecule has 0 atom stereocenters. The fourth-order valence-corrected chi connectivity index (χ4v) is 3.66. The van der Waals surface area contributed by atoms with Gasteiger partial charge in [0.25, 0.3) is 5.91 Å². The molecule has 0 saturated carbocycles. The lowest BCUT2D eigenvalue weighted by molar-refractivity contribution is -0.0102. The summed E-state index contributed by atoms with van der Waals surface area (Å²) in [5.74, 6) is -5.29. The number of hydrogen-bond donors (Lipinski definition) is 1. The van der Waals surface area contributed by atoms with Crippen molar-refractivity contribution in [1.82, 2.24) is 9.97 Å². The number of fused-ring (bicyclic) bond motifs is 1. The zero-order valence-corrected chi connectivity index (χ0v) is 16.8. The first-order valence-electron chi connectivity index (χ1n) is 9.88. The van der Waals surface area contributed by atoms with Gasteiger partial charge < -0.3 is 10.2 Å². The SMILES string of the molecule is Cc1cc(NC(=O)c2cc3cc(F)c(F)cc3nc2N2CCCC(F)(F)CC2)ccn1. The second-order valence-corrected chi connectivity index (χ2v) is 7.66. The van der Waals surface area contributed by atoms with Gasteiger partial charge in [-0.3, -0.25) is 9.78 Å². The summed E-state index contributed by atoms with van der Waals surface area (Å²) in [7, 11) is 0. The van der Waals surface area contributed by atoms with E-state index < -0.39 is 23.5 Å². The normalized spacial score (nSPS) is 16.2. The van der Waals surface area contributed by atoms with Crippen molar-refractivity contribution in [3.63, 3.8) is 0 Å². The van der Waals surface area contributed by atoms with Gasteiger partial charge in [0, 0.05) is 55.0 Å². The summed E-state index contributed by atoms with van der Waals surface area (Å²) in [5.41, 5.74) is 1.43. The summed E-state index contributed by atoms with van der Waals surface area (Å²) in [6.45, 7) is 2.03. The highest BCUT2D eigenvalue weighted by Gasteiger charge is 2.33. The van der Waals surface area contributed by atoms with Gasteiger partial charge >= 0.3 is 0 Å². The Hall–Kier alpha value is -3.23.